The van der Waals surface area contributed by atoms with E-state index in [-0.39, 0.29) is 12.0 Å². The number of ether oxygens (including phenoxy) is 1. The zero-order valence-electron chi connectivity index (χ0n) is 11.1. The molecule has 1 amide bonds. The van der Waals surface area contributed by atoms with Crippen molar-refractivity contribution in [1.82, 2.24) is 5.32 Å². The summed E-state index contributed by atoms with van der Waals surface area (Å²) < 4.78 is 5.44. The first kappa shape index (κ1) is 14.9. The number of carboxylic acids is 1. The second-order valence-corrected chi connectivity index (χ2v) is 5.71. The van der Waals surface area contributed by atoms with Crippen LogP contribution in [0.4, 0.5) is 0 Å². The molecule has 4 N–H and O–H groups in total. The minimum atomic E-state index is -1.04. The van der Waals surface area contributed by atoms with Gasteiger partial charge >= 0.3 is 5.97 Å². The van der Waals surface area contributed by atoms with Gasteiger partial charge in [-0.25, -0.2) is 4.79 Å². The van der Waals surface area contributed by atoms with E-state index in [9.17, 15) is 9.59 Å². The van der Waals surface area contributed by atoms with E-state index < -0.39 is 23.5 Å². The van der Waals surface area contributed by atoms with E-state index in [1.165, 1.54) is 0 Å². The molecule has 0 aromatic heterocycles. The van der Waals surface area contributed by atoms with Gasteiger partial charge in [0.2, 0.25) is 5.91 Å². The van der Waals surface area contributed by atoms with Crippen LogP contribution in [-0.4, -0.2) is 41.8 Å². The standard InChI is InChI=1S/C12H22N2O4/c1-12(2,3)9(11(16)17)14-10(15)8-5-4-7(6-13)18-8/h7-9H,4-6,13H2,1-3H3,(H,14,15)(H,16,17)/t7?,8?,9-/m0/s1. The molecule has 2 unspecified atom stereocenters. The lowest BCUT2D eigenvalue weighted by atomic mass is 9.86. The molecule has 1 heterocycles. The fourth-order valence-electron chi connectivity index (χ4n) is 1.96. The number of nitrogens with two attached hydrogens (primary N) is 1. The molecule has 0 aromatic rings. The van der Waals surface area contributed by atoms with Crippen LogP contribution < -0.4 is 11.1 Å². The Bertz CT molecular complexity index is 325. The van der Waals surface area contributed by atoms with Gasteiger partial charge in [0.15, 0.2) is 0 Å². The Morgan fingerprint density at radius 3 is 2.44 bits per heavy atom. The fourth-order valence-corrected chi connectivity index (χ4v) is 1.96. The van der Waals surface area contributed by atoms with E-state index >= 15 is 0 Å². The van der Waals surface area contributed by atoms with E-state index in [4.69, 9.17) is 15.6 Å². The molecular weight excluding hydrogens is 236 g/mol. The number of carbonyl (C=O) groups is 2. The zero-order valence-corrected chi connectivity index (χ0v) is 11.1. The molecule has 0 bridgehead atoms. The number of hydrogen-bond donors (Lipinski definition) is 3. The topological polar surface area (TPSA) is 102 Å². The molecule has 1 aliphatic rings. The van der Waals surface area contributed by atoms with Gasteiger partial charge in [0.05, 0.1) is 6.10 Å². The Morgan fingerprint density at radius 1 is 1.44 bits per heavy atom. The van der Waals surface area contributed by atoms with Crippen molar-refractivity contribution >= 4 is 11.9 Å². The van der Waals surface area contributed by atoms with Gasteiger partial charge < -0.3 is 20.9 Å². The fraction of sp³-hybridized carbons (Fsp3) is 0.833. The van der Waals surface area contributed by atoms with Crippen LogP contribution in [-0.2, 0) is 14.3 Å². The van der Waals surface area contributed by atoms with E-state index in [0.29, 0.717) is 13.0 Å². The van der Waals surface area contributed by atoms with Gasteiger partial charge in [0.1, 0.15) is 12.1 Å². The normalized spacial score (nSPS) is 25.8. The first-order valence-electron chi connectivity index (χ1n) is 6.14. The molecule has 0 aliphatic carbocycles. The average molecular weight is 258 g/mol. The first-order chi connectivity index (χ1) is 8.25. The largest absolute Gasteiger partial charge is 0.480 e. The van der Waals surface area contributed by atoms with Crippen LogP contribution >= 0.6 is 0 Å². The smallest absolute Gasteiger partial charge is 0.326 e. The van der Waals surface area contributed by atoms with Gasteiger partial charge in [-0.2, -0.15) is 0 Å². The maximum absolute atomic E-state index is 11.9. The molecule has 18 heavy (non-hydrogen) atoms. The summed E-state index contributed by atoms with van der Waals surface area (Å²) in [4.78, 5) is 23.1. The molecule has 1 aliphatic heterocycles. The van der Waals surface area contributed by atoms with Crippen molar-refractivity contribution in [3.63, 3.8) is 0 Å². The van der Waals surface area contributed by atoms with Crippen LogP contribution in [0.5, 0.6) is 0 Å². The maximum atomic E-state index is 11.9. The summed E-state index contributed by atoms with van der Waals surface area (Å²) in [6.07, 6.45) is 0.646. The Hall–Kier alpha value is -1.14. The Kier molecular flexibility index (Phi) is 4.70. The highest BCUT2D eigenvalue weighted by Crippen LogP contribution is 2.22. The van der Waals surface area contributed by atoms with Crippen LogP contribution in [0.2, 0.25) is 0 Å². The second kappa shape index (κ2) is 5.67. The summed E-state index contributed by atoms with van der Waals surface area (Å²) in [5.41, 5.74) is 4.92. The minimum Gasteiger partial charge on any atom is -0.480 e. The third-order valence-corrected chi connectivity index (χ3v) is 3.06. The quantitative estimate of drug-likeness (QED) is 0.664. The lowest BCUT2D eigenvalue weighted by molar-refractivity contribution is -0.147. The Balaban J connectivity index is 2.60. The summed E-state index contributed by atoms with van der Waals surface area (Å²) in [6.45, 7) is 5.68. The van der Waals surface area contributed by atoms with Crippen LogP contribution in [0.15, 0.2) is 0 Å². The molecule has 1 saturated heterocycles. The summed E-state index contributed by atoms with van der Waals surface area (Å²) >= 11 is 0. The van der Waals surface area contributed by atoms with E-state index in [1.54, 1.807) is 20.8 Å². The summed E-state index contributed by atoms with van der Waals surface area (Å²) in [5, 5.41) is 11.7. The number of carboxylic acid groups (broad SMARTS) is 1. The first-order valence-corrected chi connectivity index (χ1v) is 6.14. The van der Waals surface area contributed by atoms with Crippen LogP contribution in [0.25, 0.3) is 0 Å². The molecule has 6 heteroatoms. The Morgan fingerprint density at radius 2 is 2.06 bits per heavy atom. The molecule has 0 aromatic carbocycles. The highest BCUT2D eigenvalue weighted by Gasteiger charge is 2.36. The van der Waals surface area contributed by atoms with Crippen molar-refractivity contribution in [1.29, 1.82) is 0 Å². The van der Waals surface area contributed by atoms with Gasteiger partial charge in [-0.05, 0) is 18.3 Å². The number of rotatable bonds is 4. The predicted molar refractivity (Wildman–Crippen MR) is 66.0 cm³/mol. The van der Waals surface area contributed by atoms with Crippen molar-refractivity contribution in [3.8, 4) is 0 Å². The van der Waals surface area contributed by atoms with Gasteiger partial charge in [0, 0.05) is 6.54 Å². The van der Waals surface area contributed by atoms with Gasteiger partial charge in [0.25, 0.3) is 0 Å². The molecule has 0 spiro atoms. The average Bonchev–Trinajstić information content (AvgIpc) is 2.71. The molecule has 3 atom stereocenters. The van der Waals surface area contributed by atoms with Gasteiger partial charge in [-0.1, -0.05) is 20.8 Å². The predicted octanol–water partition coefficient (Wildman–Crippen LogP) is 0.108. The molecular formula is C12H22N2O4. The number of amides is 1. The highest BCUT2D eigenvalue weighted by atomic mass is 16.5. The van der Waals surface area contributed by atoms with Crippen LogP contribution in [0.1, 0.15) is 33.6 Å². The maximum Gasteiger partial charge on any atom is 0.326 e. The summed E-state index contributed by atoms with van der Waals surface area (Å²) in [5.74, 6) is -1.41. The van der Waals surface area contributed by atoms with Crippen molar-refractivity contribution in [2.75, 3.05) is 6.54 Å². The number of hydrogen-bond acceptors (Lipinski definition) is 4. The molecule has 104 valence electrons. The second-order valence-electron chi connectivity index (χ2n) is 5.71. The van der Waals surface area contributed by atoms with Crippen molar-refractivity contribution < 1.29 is 19.4 Å². The molecule has 1 fully saturated rings. The van der Waals surface area contributed by atoms with Crippen LogP contribution in [0.3, 0.4) is 0 Å². The number of aliphatic carboxylic acids is 1. The zero-order chi connectivity index (χ0) is 13.9. The van der Waals surface area contributed by atoms with Crippen molar-refractivity contribution in [2.45, 2.75) is 51.9 Å². The third kappa shape index (κ3) is 3.68. The minimum absolute atomic E-state index is 0.0985. The Labute approximate surface area is 107 Å². The lowest BCUT2D eigenvalue weighted by Crippen LogP contribution is -2.52. The van der Waals surface area contributed by atoms with Crippen molar-refractivity contribution in [3.05, 3.63) is 0 Å². The van der Waals surface area contributed by atoms with Crippen LogP contribution in [0, 0.1) is 5.41 Å². The third-order valence-electron chi connectivity index (χ3n) is 3.06. The van der Waals surface area contributed by atoms with Crippen molar-refractivity contribution in [2.24, 2.45) is 11.1 Å². The molecule has 0 radical (unpaired) electrons. The van der Waals surface area contributed by atoms with Gasteiger partial charge in [-0.15, -0.1) is 0 Å². The van der Waals surface area contributed by atoms with E-state index in [2.05, 4.69) is 5.32 Å². The monoisotopic (exact) mass is 258 g/mol. The number of nitrogens with one attached hydrogen (secondary N) is 1. The van der Waals surface area contributed by atoms with Gasteiger partial charge in [-0.3, -0.25) is 4.79 Å². The summed E-state index contributed by atoms with van der Waals surface area (Å²) in [6, 6.07) is -0.925. The highest BCUT2D eigenvalue weighted by molar-refractivity contribution is 5.86. The molecule has 0 saturated carbocycles. The molecule has 6 nitrogen and oxygen atoms in total. The SMILES string of the molecule is CC(C)(C)[C@@H](NC(=O)C1CCC(CN)O1)C(=O)O. The molecule has 1 rings (SSSR count). The van der Waals surface area contributed by atoms with E-state index in [0.717, 1.165) is 6.42 Å². The lowest BCUT2D eigenvalue weighted by Gasteiger charge is -2.28. The summed E-state index contributed by atoms with van der Waals surface area (Å²) in [7, 11) is 0. The number of carbonyl (C=O) groups excluding carboxylic acids is 1. The van der Waals surface area contributed by atoms with E-state index in [1.807, 2.05) is 0 Å².